The van der Waals surface area contributed by atoms with Gasteiger partial charge in [-0.05, 0) is 60.2 Å². The van der Waals surface area contributed by atoms with Gasteiger partial charge in [-0.2, -0.15) is 0 Å². The van der Waals surface area contributed by atoms with Crippen molar-refractivity contribution >= 4 is 17.6 Å². The number of carbonyl (C=O) groups excluding carboxylic acids is 2. The molecule has 5 nitrogen and oxygen atoms in total. The Kier molecular flexibility index (Phi) is 6.01. The molecule has 0 saturated carbocycles. The first kappa shape index (κ1) is 19.1. The fourth-order valence-electron chi connectivity index (χ4n) is 2.44. The minimum Gasteiger partial charge on any atom is -0.489 e. The predicted octanol–water partition coefficient (Wildman–Crippen LogP) is 4.58. The second-order valence-electron chi connectivity index (χ2n) is 6.04. The van der Waals surface area contributed by atoms with Gasteiger partial charge in [0.25, 0.3) is 0 Å². The first-order chi connectivity index (χ1) is 13.5. The van der Waals surface area contributed by atoms with E-state index in [0.717, 1.165) is 5.56 Å². The summed E-state index contributed by atoms with van der Waals surface area (Å²) >= 11 is 0. The molecule has 3 rings (SSSR count). The molecule has 0 aliphatic rings. The van der Waals surface area contributed by atoms with Gasteiger partial charge in [-0.25, -0.2) is 9.18 Å². The third-order valence-electron chi connectivity index (χ3n) is 3.77. The summed E-state index contributed by atoms with van der Waals surface area (Å²) < 4.78 is 23.9. The number of ether oxygens (including phenoxy) is 2. The van der Waals surface area contributed by atoms with E-state index in [1.54, 1.807) is 60.7 Å². The van der Waals surface area contributed by atoms with Crippen molar-refractivity contribution in [3.8, 4) is 11.5 Å². The minimum atomic E-state index is -0.528. The van der Waals surface area contributed by atoms with Gasteiger partial charge in [0.15, 0.2) is 0 Å². The average molecular weight is 379 g/mol. The first-order valence-corrected chi connectivity index (χ1v) is 8.57. The molecule has 0 aromatic heterocycles. The normalized spacial score (nSPS) is 10.2. The van der Waals surface area contributed by atoms with Crippen LogP contribution in [0, 0.1) is 5.82 Å². The highest BCUT2D eigenvalue weighted by Gasteiger charge is 2.10. The molecular weight excluding hydrogens is 361 g/mol. The molecule has 0 radical (unpaired) electrons. The monoisotopic (exact) mass is 379 g/mol. The fraction of sp³-hybridized carbons (Fsp3) is 0.0909. The smallest absolute Gasteiger partial charge is 0.343 e. The Bertz CT molecular complexity index is 969. The number of benzene rings is 3. The van der Waals surface area contributed by atoms with Gasteiger partial charge < -0.3 is 14.8 Å². The van der Waals surface area contributed by atoms with Gasteiger partial charge >= 0.3 is 5.97 Å². The van der Waals surface area contributed by atoms with Crippen molar-refractivity contribution in [3.05, 3.63) is 89.7 Å². The van der Waals surface area contributed by atoms with Crippen molar-refractivity contribution in [1.29, 1.82) is 0 Å². The molecule has 0 heterocycles. The maximum atomic E-state index is 12.9. The van der Waals surface area contributed by atoms with Crippen molar-refractivity contribution < 1.29 is 23.5 Å². The van der Waals surface area contributed by atoms with E-state index in [0.29, 0.717) is 22.7 Å². The van der Waals surface area contributed by atoms with Crippen LogP contribution >= 0.6 is 0 Å². The number of nitrogens with one attached hydrogen (secondary N) is 1. The zero-order valence-corrected chi connectivity index (χ0v) is 15.1. The summed E-state index contributed by atoms with van der Waals surface area (Å²) in [5, 5.41) is 2.64. The van der Waals surface area contributed by atoms with Crippen LogP contribution in [-0.4, -0.2) is 11.9 Å². The van der Waals surface area contributed by atoms with Gasteiger partial charge in [-0.15, -0.1) is 0 Å². The van der Waals surface area contributed by atoms with Crippen LogP contribution in [0.2, 0.25) is 0 Å². The topological polar surface area (TPSA) is 64.6 Å². The molecule has 0 saturated heterocycles. The number of esters is 1. The van der Waals surface area contributed by atoms with Crippen molar-refractivity contribution in [2.45, 2.75) is 13.5 Å². The summed E-state index contributed by atoms with van der Waals surface area (Å²) in [5.74, 6) is -0.156. The average Bonchev–Trinajstić information content (AvgIpc) is 2.69. The van der Waals surface area contributed by atoms with Crippen LogP contribution in [-0.2, 0) is 11.4 Å². The Morgan fingerprint density at radius 1 is 0.929 bits per heavy atom. The van der Waals surface area contributed by atoms with Crippen LogP contribution in [0.4, 0.5) is 10.1 Å². The summed E-state index contributed by atoms with van der Waals surface area (Å²) in [6, 6.07) is 19.1. The van der Waals surface area contributed by atoms with E-state index in [4.69, 9.17) is 9.47 Å². The van der Waals surface area contributed by atoms with E-state index in [1.807, 2.05) is 0 Å². The van der Waals surface area contributed by atoms with Crippen LogP contribution in [0.3, 0.4) is 0 Å². The lowest BCUT2D eigenvalue weighted by Gasteiger charge is -2.09. The van der Waals surface area contributed by atoms with Gasteiger partial charge in [0.2, 0.25) is 5.91 Å². The van der Waals surface area contributed by atoms with Crippen molar-refractivity contribution in [2.75, 3.05) is 5.32 Å². The molecule has 0 spiro atoms. The lowest BCUT2D eigenvalue weighted by molar-refractivity contribution is -0.114. The van der Waals surface area contributed by atoms with E-state index >= 15 is 0 Å². The van der Waals surface area contributed by atoms with E-state index in [-0.39, 0.29) is 18.3 Å². The molecule has 1 N–H and O–H groups in total. The summed E-state index contributed by atoms with van der Waals surface area (Å²) in [7, 11) is 0. The fourth-order valence-corrected chi connectivity index (χ4v) is 2.44. The predicted molar refractivity (Wildman–Crippen MR) is 103 cm³/mol. The molecule has 0 atom stereocenters. The maximum absolute atomic E-state index is 12.9. The lowest BCUT2D eigenvalue weighted by Crippen LogP contribution is -2.09. The molecule has 142 valence electrons. The Balaban J connectivity index is 1.61. The number of hydrogen-bond donors (Lipinski definition) is 1. The highest BCUT2D eigenvalue weighted by molar-refractivity contribution is 5.92. The lowest BCUT2D eigenvalue weighted by atomic mass is 10.2. The Morgan fingerprint density at radius 3 is 2.32 bits per heavy atom. The molecule has 6 heteroatoms. The quantitative estimate of drug-likeness (QED) is 0.503. The summed E-state index contributed by atoms with van der Waals surface area (Å²) in [5.41, 5.74) is 1.76. The van der Waals surface area contributed by atoms with Crippen molar-refractivity contribution in [1.82, 2.24) is 0 Å². The maximum Gasteiger partial charge on any atom is 0.343 e. The van der Waals surface area contributed by atoms with Crippen LogP contribution in [0.1, 0.15) is 22.8 Å². The Labute approximate surface area is 161 Å². The summed E-state index contributed by atoms with van der Waals surface area (Å²) in [6.07, 6.45) is 0. The van der Waals surface area contributed by atoms with Crippen LogP contribution in [0.5, 0.6) is 11.5 Å². The van der Waals surface area contributed by atoms with Gasteiger partial charge in [0.05, 0.1) is 5.56 Å². The molecule has 28 heavy (non-hydrogen) atoms. The minimum absolute atomic E-state index is 0.179. The summed E-state index contributed by atoms with van der Waals surface area (Å²) in [4.78, 5) is 23.4. The number of anilines is 1. The molecule has 0 bridgehead atoms. The molecule has 0 aliphatic carbocycles. The molecule has 0 unspecified atom stereocenters. The molecular formula is C22H18FNO4. The standard InChI is InChI=1S/C22H18FNO4/c1-15(25)24-19-9-11-20(12-10-19)28-22(26)17-3-2-4-21(13-17)27-14-16-5-7-18(23)8-6-16/h2-13H,14H2,1H3,(H,24,25). The zero-order valence-electron chi connectivity index (χ0n) is 15.1. The Hall–Kier alpha value is -3.67. The van der Waals surface area contributed by atoms with E-state index in [1.165, 1.54) is 19.1 Å². The summed E-state index contributed by atoms with van der Waals surface area (Å²) in [6.45, 7) is 1.67. The van der Waals surface area contributed by atoms with Crippen molar-refractivity contribution in [2.24, 2.45) is 0 Å². The SMILES string of the molecule is CC(=O)Nc1ccc(OC(=O)c2cccc(OCc3ccc(F)cc3)c2)cc1. The van der Waals surface area contributed by atoms with Crippen LogP contribution in [0.15, 0.2) is 72.8 Å². The molecule has 1 amide bonds. The Morgan fingerprint density at radius 2 is 1.64 bits per heavy atom. The second kappa shape index (κ2) is 8.81. The largest absolute Gasteiger partial charge is 0.489 e. The number of halogens is 1. The van der Waals surface area contributed by atoms with E-state index in [2.05, 4.69) is 5.32 Å². The molecule has 3 aromatic rings. The van der Waals surface area contributed by atoms with Gasteiger partial charge in [-0.1, -0.05) is 18.2 Å². The number of amides is 1. The highest BCUT2D eigenvalue weighted by atomic mass is 19.1. The third-order valence-corrected chi connectivity index (χ3v) is 3.77. The van der Waals surface area contributed by atoms with Crippen molar-refractivity contribution in [3.63, 3.8) is 0 Å². The first-order valence-electron chi connectivity index (χ1n) is 8.57. The third kappa shape index (κ3) is 5.41. The highest BCUT2D eigenvalue weighted by Crippen LogP contribution is 2.20. The molecule has 0 aliphatic heterocycles. The molecule has 3 aromatic carbocycles. The van der Waals surface area contributed by atoms with Gasteiger partial charge in [0, 0.05) is 12.6 Å². The second-order valence-corrected chi connectivity index (χ2v) is 6.04. The molecule has 0 fully saturated rings. The number of carbonyl (C=O) groups is 2. The van der Waals surface area contributed by atoms with E-state index in [9.17, 15) is 14.0 Å². The zero-order chi connectivity index (χ0) is 19.9. The van der Waals surface area contributed by atoms with Gasteiger partial charge in [0.1, 0.15) is 23.9 Å². The van der Waals surface area contributed by atoms with E-state index < -0.39 is 5.97 Å². The van der Waals surface area contributed by atoms with Crippen LogP contribution in [0.25, 0.3) is 0 Å². The number of hydrogen-bond acceptors (Lipinski definition) is 4. The van der Waals surface area contributed by atoms with Gasteiger partial charge in [-0.3, -0.25) is 4.79 Å². The number of rotatable bonds is 6. The van der Waals surface area contributed by atoms with Crippen LogP contribution < -0.4 is 14.8 Å².